The zero-order chi connectivity index (χ0) is 20.8. The van der Waals surface area contributed by atoms with E-state index >= 15 is 0 Å². The van der Waals surface area contributed by atoms with Crippen LogP contribution in [0.2, 0.25) is 0 Å². The van der Waals surface area contributed by atoms with Crippen LogP contribution in [0.3, 0.4) is 0 Å². The zero-order valence-corrected chi connectivity index (χ0v) is 12.9. The van der Waals surface area contributed by atoms with Crippen LogP contribution < -0.4 is 0 Å². The predicted molar refractivity (Wildman–Crippen MR) is 74.3 cm³/mol. The summed E-state index contributed by atoms with van der Waals surface area (Å²) in [6.07, 6.45) is -17.1. The highest BCUT2D eigenvalue weighted by Crippen LogP contribution is 2.19. The van der Waals surface area contributed by atoms with Crippen LogP contribution >= 0.6 is 0 Å². The average molecular weight is 388 g/mol. The number of aliphatic hydroxyl groups excluding tert-OH is 8. The van der Waals surface area contributed by atoms with Crippen LogP contribution in [-0.4, -0.2) is 124 Å². The van der Waals surface area contributed by atoms with Gasteiger partial charge in [0.25, 0.3) is 0 Å². The molecule has 1 aliphatic heterocycles. The Balaban J connectivity index is 0.000000481. The molecule has 0 aromatic carbocycles. The lowest BCUT2D eigenvalue weighted by atomic mass is 9.99. The summed E-state index contributed by atoms with van der Waals surface area (Å²) in [6.45, 7) is 0. The van der Waals surface area contributed by atoms with Crippen molar-refractivity contribution in [2.75, 3.05) is 0 Å². The normalized spacial score (nSPS) is 33.0. The van der Waals surface area contributed by atoms with E-state index in [-0.39, 0.29) is 6.29 Å². The molecule has 0 aromatic heterocycles. The molecule has 0 bridgehead atoms. The number of carbonyl (C=O) groups is 3. The number of rotatable bonds is 6. The molecule has 1 rings (SSSR count). The number of carboxylic acid groups (broad SMARTS) is 2. The van der Waals surface area contributed by atoms with Crippen molar-refractivity contribution in [2.24, 2.45) is 0 Å². The Bertz CT molecular complexity index is 483. The third-order valence-electron chi connectivity index (χ3n) is 3.25. The van der Waals surface area contributed by atoms with Crippen LogP contribution in [0.1, 0.15) is 0 Å². The number of carbonyl (C=O) groups excluding carboxylic acids is 1. The topological polar surface area (TPSA) is 263 Å². The summed E-state index contributed by atoms with van der Waals surface area (Å²) in [5.41, 5.74) is 0. The highest BCUT2D eigenvalue weighted by Gasteiger charge is 2.46. The molecule has 0 amide bonds. The molecular formula is C12H20O14. The molecule has 0 radical (unpaired) electrons. The predicted octanol–water partition coefficient (Wildman–Crippen LogP) is -6.42. The molecule has 10 N–H and O–H groups in total. The van der Waals surface area contributed by atoms with Crippen molar-refractivity contribution in [3.8, 4) is 0 Å². The van der Waals surface area contributed by atoms with Crippen LogP contribution in [0.25, 0.3) is 0 Å². The number of aldehydes is 1. The molecule has 14 nitrogen and oxygen atoms in total. The second kappa shape index (κ2) is 10.4. The molecule has 0 aromatic rings. The monoisotopic (exact) mass is 388 g/mol. The Kier molecular flexibility index (Phi) is 9.71. The maximum atomic E-state index is 10.4. The second-order valence-electron chi connectivity index (χ2n) is 5.15. The van der Waals surface area contributed by atoms with Gasteiger partial charge in [0.2, 0.25) is 0 Å². The fourth-order valence-corrected chi connectivity index (χ4v) is 1.68. The molecule has 26 heavy (non-hydrogen) atoms. The van der Waals surface area contributed by atoms with Crippen molar-refractivity contribution < 1.29 is 70.2 Å². The van der Waals surface area contributed by atoms with Crippen molar-refractivity contribution in [1.29, 1.82) is 0 Å². The largest absolute Gasteiger partial charge is 0.479 e. The van der Waals surface area contributed by atoms with Gasteiger partial charge < -0.3 is 60.6 Å². The smallest absolute Gasteiger partial charge is 0.335 e. The summed E-state index contributed by atoms with van der Waals surface area (Å²) < 4.78 is 4.34. The summed E-state index contributed by atoms with van der Waals surface area (Å²) in [6, 6.07) is 0. The molecule has 0 spiro atoms. The van der Waals surface area contributed by atoms with Crippen LogP contribution in [0.15, 0.2) is 0 Å². The van der Waals surface area contributed by atoms with Gasteiger partial charge in [0.15, 0.2) is 24.8 Å². The van der Waals surface area contributed by atoms with Gasteiger partial charge in [0.05, 0.1) is 0 Å². The molecular weight excluding hydrogens is 368 g/mol. The van der Waals surface area contributed by atoms with E-state index in [1.165, 1.54) is 0 Å². The van der Waals surface area contributed by atoms with Crippen LogP contribution in [0.4, 0.5) is 0 Å². The standard InChI is InChI=1S/2C6H10O7/c7-1-2(8)4(5(10)11)13-6(12)3(1)9;7-1-2(8)3(9)4(10)5(11)6(12)13/h1-4,6-9,12H,(H,10,11);1-5,8-11H,(H,12,13)/t1-,2-,3-,4+,6+;2-,3-,4+,5-/m00/s1. The highest BCUT2D eigenvalue weighted by atomic mass is 16.6. The third kappa shape index (κ3) is 6.20. The lowest BCUT2D eigenvalue weighted by molar-refractivity contribution is -0.279. The minimum Gasteiger partial charge on any atom is -0.479 e. The molecule has 0 unspecified atom stereocenters. The van der Waals surface area contributed by atoms with Crippen LogP contribution in [0, 0.1) is 0 Å². The lowest BCUT2D eigenvalue weighted by Gasteiger charge is -2.36. The van der Waals surface area contributed by atoms with E-state index in [2.05, 4.69) is 4.74 Å². The minimum absolute atomic E-state index is 0.0809. The number of aliphatic hydroxyl groups is 8. The first-order valence-corrected chi connectivity index (χ1v) is 6.87. The Morgan fingerprint density at radius 1 is 0.846 bits per heavy atom. The molecule has 1 aliphatic rings. The molecule has 0 aliphatic carbocycles. The van der Waals surface area contributed by atoms with E-state index in [0.29, 0.717) is 0 Å². The summed E-state index contributed by atoms with van der Waals surface area (Å²) >= 11 is 0. The number of hydrogen-bond acceptors (Lipinski definition) is 12. The summed E-state index contributed by atoms with van der Waals surface area (Å²) in [4.78, 5) is 30.3. The maximum Gasteiger partial charge on any atom is 0.335 e. The highest BCUT2D eigenvalue weighted by molar-refractivity contribution is 5.73. The Hall–Kier alpha value is -1.75. The summed E-state index contributed by atoms with van der Waals surface area (Å²) in [7, 11) is 0. The molecule has 0 saturated carbocycles. The molecule has 152 valence electrons. The lowest BCUT2D eigenvalue weighted by Crippen LogP contribution is -2.59. The minimum atomic E-state index is -2.25. The van der Waals surface area contributed by atoms with Crippen LogP contribution in [0.5, 0.6) is 0 Å². The van der Waals surface area contributed by atoms with E-state index in [9.17, 15) is 14.4 Å². The molecule has 1 fully saturated rings. The SMILES string of the molecule is O=C(O)[C@@H]1O[C@@H](O)[C@@H](O)[C@@H](O)[C@@H]1O.O=C[C@H](O)[C@H](O)[C@@H](O)[C@H](O)C(=O)O. The number of ether oxygens (including phenoxy) is 1. The fraction of sp³-hybridized carbons (Fsp3) is 0.750. The third-order valence-corrected chi connectivity index (χ3v) is 3.25. The van der Waals surface area contributed by atoms with E-state index in [4.69, 9.17) is 51.1 Å². The van der Waals surface area contributed by atoms with Gasteiger partial charge in [-0.1, -0.05) is 0 Å². The van der Waals surface area contributed by atoms with Crippen molar-refractivity contribution in [1.82, 2.24) is 0 Å². The first-order chi connectivity index (χ1) is 11.9. The van der Waals surface area contributed by atoms with Gasteiger partial charge in [0.1, 0.15) is 36.6 Å². The van der Waals surface area contributed by atoms with Gasteiger partial charge in [-0.15, -0.1) is 0 Å². The fourth-order valence-electron chi connectivity index (χ4n) is 1.68. The van der Waals surface area contributed by atoms with E-state index in [1.54, 1.807) is 0 Å². The summed E-state index contributed by atoms with van der Waals surface area (Å²) in [5, 5.41) is 87.6. The second-order valence-corrected chi connectivity index (χ2v) is 5.15. The molecule has 1 saturated heterocycles. The zero-order valence-electron chi connectivity index (χ0n) is 12.9. The van der Waals surface area contributed by atoms with Gasteiger partial charge >= 0.3 is 11.9 Å². The van der Waals surface area contributed by atoms with E-state index in [0.717, 1.165) is 0 Å². The van der Waals surface area contributed by atoms with Crippen molar-refractivity contribution in [2.45, 2.75) is 55.1 Å². The first-order valence-electron chi connectivity index (χ1n) is 6.87. The van der Waals surface area contributed by atoms with E-state index in [1.807, 2.05) is 0 Å². The number of carboxylic acids is 2. The molecule has 14 heteroatoms. The Morgan fingerprint density at radius 3 is 1.73 bits per heavy atom. The average Bonchev–Trinajstić information content (AvgIpc) is 2.60. The molecule has 9 atom stereocenters. The van der Waals surface area contributed by atoms with Gasteiger partial charge in [-0.25, -0.2) is 9.59 Å². The quantitative estimate of drug-likeness (QED) is 0.190. The van der Waals surface area contributed by atoms with Crippen LogP contribution in [-0.2, 0) is 19.1 Å². The number of aliphatic carboxylic acids is 2. The van der Waals surface area contributed by atoms with Gasteiger partial charge in [-0.2, -0.15) is 0 Å². The van der Waals surface area contributed by atoms with Crippen molar-refractivity contribution >= 4 is 18.2 Å². The van der Waals surface area contributed by atoms with Crippen molar-refractivity contribution in [3.05, 3.63) is 0 Å². The van der Waals surface area contributed by atoms with Gasteiger partial charge in [-0.05, 0) is 0 Å². The van der Waals surface area contributed by atoms with E-state index < -0.39 is 67.1 Å². The number of hydrogen-bond donors (Lipinski definition) is 10. The Labute approximate surface area is 144 Å². The Morgan fingerprint density at radius 2 is 1.35 bits per heavy atom. The first kappa shape index (κ1) is 24.2. The van der Waals surface area contributed by atoms with Gasteiger partial charge in [-0.3, -0.25) is 0 Å². The molecule has 1 heterocycles. The summed E-state index contributed by atoms with van der Waals surface area (Å²) in [5.74, 6) is -3.28. The van der Waals surface area contributed by atoms with Crippen molar-refractivity contribution in [3.63, 3.8) is 0 Å². The maximum absolute atomic E-state index is 10.4. The van der Waals surface area contributed by atoms with Gasteiger partial charge in [0, 0.05) is 0 Å².